The monoisotopic (exact) mass is 522 g/mol. The number of aromatic hydroxyl groups is 1. The van der Waals surface area contributed by atoms with Gasteiger partial charge in [-0.25, -0.2) is 0 Å². The molecule has 0 bridgehead atoms. The molecule has 1 aromatic heterocycles. The number of carbonyl (C=O) groups is 1. The van der Waals surface area contributed by atoms with Gasteiger partial charge in [0.15, 0.2) is 11.5 Å². The number of phenols is 1. The van der Waals surface area contributed by atoms with Crippen LogP contribution in [-0.4, -0.2) is 29.0 Å². The molecule has 4 nitrogen and oxygen atoms in total. The van der Waals surface area contributed by atoms with Crippen molar-refractivity contribution in [1.82, 2.24) is 4.98 Å². The van der Waals surface area contributed by atoms with E-state index in [1.165, 1.54) is 44.9 Å². The molecule has 2 heterocycles. The van der Waals surface area contributed by atoms with Crippen LogP contribution in [0.4, 0.5) is 5.69 Å². The number of anilines is 1. The Hall–Kier alpha value is -2.30. The number of ketones is 1. The fourth-order valence-corrected chi connectivity index (χ4v) is 6.86. The summed E-state index contributed by atoms with van der Waals surface area (Å²) in [6, 6.07) is 9.56. The van der Waals surface area contributed by atoms with Crippen LogP contribution in [0.1, 0.15) is 68.1 Å². The number of pyridine rings is 1. The Labute approximate surface area is 222 Å². The van der Waals surface area contributed by atoms with Crippen molar-refractivity contribution in [1.29, 1.82) is 0 Å². The molecule has 36 heavy (non-hydrogen) atoms. The van der Waals surface area contributed by atoms with Gasteiger partial charge in [-0.2, -0.15) is 0 Å². The lowest BCUT2D eigenvalue weighted by Gasteiger charge is -2.39. The van der Waals surface area contributed by atoms with E-state index < -0.39 is 0 Å². The zero-order chi connectivity index (χ0) is 24.8. The van der Waals surface area contributed by atoms with E-state index in [2.05, 4.69) is 11.0 Å². The summed E-state index contributed by atoms with van der Waals surface area (Å²) < 4.78 is 0. The van der Waals surface area contributed by atoms with Crippen molar-refractivity contribution in [3.8, 4) is 16.9 Å². The van der Waals surface area contributed by atoms with E-state index in [-0.39, 0.29) is 27.5 Å². The van der Waals surface area contributed by atoms with Crippen LogP contribution in [0.5, 0.6) is 5.75 Å². The van der Waals surface area contributed by atoms with Gasteiger partial charge in [-0.1, -0.05) is 61.4 Å². The van der Waals surface area contributed by atoms with E-state index >= 15 is 0 Å². The molecular formula is C30H32Cl2N2O2. The Morgan fingerprint density at radius 1 is 0.861 bits per heavy atom. The first-order valence-corrected chi connectivity index (χ1v) is 14.2. The number of carbonyl (C=O) groups excluding carboxylic acids is 1. The largest absolute Gasteiger partial charge is 0.505 e. The molecule has 6 heteroatoms. The summed E-state index contributed by atoms with van der Waals surface area (Å²) >= 11 is 12.5. The maximum atomic E-state index is 13.4. The topological polar surface area (TPSA) is 53.4 Å². The average Bonchev–Trinajstić information content (AvgIpc) is 3.76. The van der Waals surface area contributed by atoms with E-state index in [9.17, 15) is 9.90 Å². The summed E-state index contributed by atoms with van der Waals surface area (Å²) in [6.07, 6.45) is 13.1. The predicted molar refractivity (Wildman–Crippen MR) is 147 cm³/mol. The van der Waals surface area contributed by atoms with Gasteiger partial charge in [0, 0.05) is 30.6 Å². The van der Waals surface area contributed by atoms with Crippen LogP contribution >= 0.6 is 23.2 Å². The molecule has 1 aliphatic heterocycles. The highest BCUT2D eigenvalue weighted by Gasteiger charge is 2.35. The van der Waals surface area contributed by atoms with Crippen molar-refractivity contribution in [3.63, 3.8) is 0 Å². The van der Waals surface area contributed by atoms with Crippen molar-refractivity contribution in [2.45, 2.75) is 57.8 Å². The van der Waals surface area contributed by atoms with Crippen molar-refractivity contribution in [2.24, 2.45) is 17.8 Å². The highest BCUT2D eigenvalue weighted by Crippen LogP contribution is 2.43. The highest BCUT2D eigenvalue weighted by atomic mass is 35.5. The molecule has 0 spiro atoms. The molecule has 0 amide bonds. The third-order valence-corrected chi connectivity index (χ3v) is 9.15. The summed E-state index contributed by atoms with van der Waals surface area (Å²) in [7, 11) is 0. The molecule has 3 fully saturated rings. The van der Waals surface area contributed by atoms with E-state index in [0.717, 1.165) is 71.0 Å². The van der Waals surface area contributed by atoms with Gasteiger partial charge in [0.25, 0.3) is 0 Å². The van der Waals surface area contributed by atoms with Crippen molar-refractivity contribution in [3.05, 3.63) is 52.1 Å². The number of piperidine rings is 1. The number of benzene rings is 2. The standard InChI is InChI=1S/C30H32Cl2N2O2/c31-25-15-22(16-26(32)30(25)36)21-8-9-27-23(14-21)28(24(17-33-27)29(35)20-6-7-20)34-12-10-19(11-13-34)18-4-2-1-3-5-18/h8-9,14-20,36H,1-7,10-13H2. The summed E-state index contributed by atoms with van der Waals surface area (Å²) in [5.74, 6) is 1.94. The first kappa shape index (κ1) is 24.1. The fourth-order valence-electron chi connectivity index (χ4n) is 6.38. The third-order valence-electron chi connectivity index (χ3n) is 8.58. The number of rotatable bonds is 5. The van der Waals surface area contributed by atoms with Crippen molar-refractivity contribution >= 4 is 45.6 Å². The minimum Gasteiger partial charge on any atom is -0.505 e. The number of nitrogens with zero attached hydrogens (tertiary/aromatic N) is 2. The van der Waals surface area contributed by atoms with Gasteiger partial charge in [0.1, 0.15) is 0 Å². The summed E-state index contributed by atoms with van der Waals surface area (Å²) in [5.41, 5.74) is 4.44. The van der Waals surface area contributed by atoms with Crippen LogP contribution in [0.2, 0.25) is 10.0 Å². The molecule has 0 atom stereocenters. The number of hydrogen-bond donors (Lipinski definition) is 1. The van der Waals surface area contributed by atoms with Gasteiger partial charge >= 0.3 is 0 Å². The Kier molecular flexibility index (Phi) is 6.60. The maximum absolute atomic E-state index is 13.4. The molecule has 0 unspecified atom stereocenters. The van der Waals surface area contributed by atoms with Gasteiger partial charge < -0.3 is 10.0 Å². The third kappa shape index (κ3) is 4.59. The number of aromatic nitrogens is 1. The number of Topliss-reactive ketones (excluding diaryl/α,β-unsaturated/α-hetero) is 1. The van der Waals surface area contributed by atoms with Crippen molar-refractivity contribution < 1.29 is 9.90 Å². The van der Waals surface area contributed by atoms with Gasteiger partial charge in [0.05, 0.1) is 26.8 Å². The van der Waals surface area contributed by atoms with E-state index in [0.29, 0.717) is 0 Å². The molecule has 6 rings (SSSR count). The Bertz CT molecular complexity index is 1280. The summed E-state index contributed by atoms with van der Waals surface area (Å²) in [5, 5.41) is 11.5. The van der Waals surface area contributed by atoms with Crippen LogP contribution in [0.15, 0.2) is 36.5 Å². The lowest BCUT2D eigenvalue weighted by Crippen LogP contribution is -2.37. The first-order valence-electron chi connectivity index (χ1n) is 13.4. The first-order chi connectivity index (χ1) is 17.5. The minimum atomic E-state index is -0.108. The zero-order valence-corrected chi connectivity index (χ0v) is 22.0. The Morgan fingerprint density at radius 2 is 1.53 bits per heavy atom. The second-order valence-electron chi connectivity index (χ2n) is 10.9. The molecule has 2 aromatic carbocycles. The number of halogens is 2. The molecule has 1 saturated heterocycles. The lowest BCUT2D eigenvalue weighted by molar-refractivity contribution is 0.0967. The summed E-state index contributed by atoms with van der Waals surface area (Å²) in [4.78, 5) is 20.5. The Morgan fingerprint density at radius 3 is 2.19 bits per heavy atom. The second-order valence-corrected chi connectivity index (χ2v) is 11.7. The number of phenolic OH excluding ortho intramolecular Hbond substituents is 1. The molecule has 188 valence electrons. The van der Waals surface area contributed by atoms with Crippen LogP contribution in [-0.2, 0) is 0 Å². The van der Waals surface area contributed by atoms with Crippen molar-refractivity contribution in [2.75, 3.05) is 18.0 Å². The van der Waals surface area contributed by atoms with Gasteiger partial charge in [0.2, 0.25) is 0 Å². The number of fused-ring (bicyclic) bond motifs is 1. The smallest absolute Gasteiger partial charge is 0.169 e. The maximum Gasteiger partial charge on any atom is 0.169 e. The second kappa shape index (κ2) is 9.87. The summed E-state index contributed by atoms with van der Waals surface area (Å²) in [6.45, 7) is 1.96. The fraction of sp³-hybridized carbons (Fsp3) is 0.467. The van der Waals surface area contributed by atoms with Crippen LogP contribution < -0.4 is 4.90 Å². The van der Waals surface area contributed by atoms with Gasteiger partial charge in [-0.05, 0) is 72.9 Å². The minimum absolute atomic E-state index is 0.108. The van der Waals surface area contributed by atoms with Crippen LogP contribution in [0.3, 0.4) is 0 Å². The molecule has 2 aliphatic carbocycles. The predicted octanol–water partition coefficient (Wildman–Crippen LogP) is 8.30. The number of hydrogen-bond acceptors (Lipinski definition) is 4. The molecular weight excluding hydrogens is 491 g/mol. The molecule has 3 aliphatic rings. The Balaban J connectivity index is 1.39. The zero-order valence-electron chi connectivity index (χ0n) is 20.5. The quantitative estimate of drug-likeness (QED) is 0.342. The average molecular weight is 524 g/mol. The molecule has 0 radical (unpaired) electrons. The van der Waals surface area contributed by atoms with E-state index in [1.807, 2.05) is 12.1 Å². The van der Waals surface area contributed by atoms with Crippen LogP contribution in [0.25, 0.3) is 22.0 Å². The highest BCUT2D eigenvalue weighted by molar-refractivity contribution is 6.37. The van der Waals surface area contributed by atoms with Gasteiger partial charge in [-0.3, -0.25) is 9.78 Å². The van der Waals surface area contributed by atoms with E-state index in [1.54, 1.807) is 18.3 Å². The van der Waals surface area contributed by atoms with Gasteiger partial charge in [-0.15, -0.1) is 0 Å². The molecule has 1 N–H and O–H groups in total. The van der Waals surface area contributed by atoms with Crippen LogP contribution in [0, 0.1) is 17.8 Å². The molecule has 2 saturated carbocycles. The van der Waals surface area contributed by atoms with E-state index in [4.69, 9.17) is 28.2 Å². The molecule has 3 aromatic rings. The SMILES string of the molecule is O=C(c1cnc2ccc(-c3cc(Cl)c(O)c(Cl)c3)cc2c1N1CCC(C2CCCCC2)CC1)C1CC1. The normalized spacial score (nSPS) is 19.7. The lowest BCUT2D eigenvalue weighted by atomic mass is 9.75.